The SMILES string of the molecule is CCCCCC1CC=C(c2ccc(C#Cc3ccc(CC)cc3)cc2)CC1. The lowest BCUT2D eigenvalue weighted by atomic mass is 9.84. The van der Waals surface area contributed by atoms with E-state index in [0.717, 1.165) is 23.5 Å². The Hall–Kier alpha value is -2.26. The van der Waals surface area contributed by atoms with Gasteiger partial charge in [0, 0.05) is 11.1 Å². The zero-order valence-corrected chi connectivity index (χ0v) is 16.9. The minimum Gasteiger partial charge on any atom is -0.0804 e. The third-order valence-corrected chi connectivity index (χ3v) is 5.70. The van der Waals surface area contributed by atoms with Gasteiger partial charge in [-0.2, -0.15) is 0 Å². The van der Waals surface area contributed by atoms with E-state index < -0.39 is 0 Å². The Morgan fingerprint density at radius 3 is 2.07 bits per heavy atom. The van der Waals surface area contributed by atoms with Crippen LogP contribution in [0.4, 0.5) is 0 Å². The summed E-state index contributed by atoms with van der Waals surface area (Å²) in [4.78, 5) is 0. The molecule has 0 N–H and O–H groups in total. The van der Waals surface area contributed by atoms with Gasteiger partial charge in [-0.25, -0.2) is 0 Å². The number of aryl methyl sites for hydroxylation is 1. The first-order valence-corrected chi connectivity index (χ1v) is 10.7. The van der Waals surface area contributed by atoms with Crippen molar-refractivity contribution in [2.24, 2.45) is 5.92 Å². The van der Waals surface area contributed by atoms with Crippen LogP contribution in [0.15, 0.2) is 54.6 Å². The van der Waals surface area contributed by atoms with Crippen LogP contribution < -0.4 is 0 Å². The highest BCUT2D eigenvalue weighted by molar-refractivity contribution is 5.67. The Labute approximate surface area is 165 Å². The molecule has 140 valence electrons. The van der Waals surface area contributed by atoms with Gasteiger partial charge >= 0.3 is 0 Å². The zero-order chi connectivity index (χ0) is 18.9. The quantitative estimate of drug-likeness (QED) is 0.373. The van der Waals surface area contributed by atoms with Crippen molar-refractivity contribution in [3.05, 3.63) is 76.9 Å². The molecule has 1 unspecified atom stereocenters. The Bertz CT molecular complexity index is 794. The molecule has 2 aromatic carbocycles. The van der Waals surface area contributed by atoms with E-state index in [4.69, 9.17) is 0 Å². The molecule has 0 nitrogen and oxygen atoms in total. The smallest absolute Gasteiger partial charge is 0.0249 e. The van der Waals surface area contributed by atoms with Crippen LogP contribution in [0.25, 0.3) is 5.57 Å². The first-order chi connectivity index (χ1) is 13.3. The van der Waals surface area contributed by atoms with Gasteiger partial charge in [0.15, 0.2) is 0 Å². The standard InChI is InChI=1S/C27H32/c1-3-5-6-7-23-14-18-26(19-15-23)27-20-16-25(17-21-27)13-12-24-10-8-22(4-2)9-11-24/h8-11,16-18,20-21,23H,3-7,14-15,19H2,1-2H3. The lowest BCUT2D eigenvalue weighted by Gasteiger charge is -2.22. The summed E-state index contributed by atoms with van der Waals surface area (Å²) in [5.74, 6) is 7.48. The fourth-order valence-corrected chi connectivity index (χ4v) is 3.83. The van der Waals surface area contributed by atoms with E-state index in [1.165, 1.54) is 61.6 Å². The average Bonchev–Trinajstić information content (AvgIpc) is 2.74. The number of benzene rings is 2. The van der Waals surface area contributed by atoms with Gasteiger partial charge in [-0.3, -0.25) is 0 Å². The Morgan fingerprint density at radius 2 is 1.52 bits per heavy atom. The van der Waals surface area contributed by atoms with Gasteiger partial charge in [0.1, 0.15) is 0 Å². The maximum Gasteiger partial charge on any atom is 0.0249 e. The number of hydrogen-bond donors (Lipinski definition) is 0. The van der Waals surface area contributed by atoms with Gasteiger partial charge in [-0.05, 0) is 72.6 Å². The highest BCUT2D eigenvalue weighted by Gasteiger charge is 2.14. The molecule has 0 amide bonds. The second-order valence-electron chi connectivity index (χ2n) is 7.74. The minimum absolute atomic E-state index is 0.907. The maximum absolute atomic E-state index is 3.29. The summed E-state index contributed by atoms with van der Waals surface area (Å²) in [6, 6.07) is 17.4. The normalized spacial score (nSPS) is 16.4. The van der Waals surface area contributed by atoms with Crippen molar-refractivity contribution in [2.45, 2.75) is 65.2 Å². The first-order valence-electron chi connectivity index (χ1n) is 10.7. The molecule has 3 rings (SSSR count). The van der Waals surface area contributed by atoms with Gasteiger partial charge in [0.25, 0.3) is 0 Å². The molecule has 0 bridgehead atoms. The predicted molar refractivity (Wildman–Crippen MR) is 118 cm³/mol. The Morgan fingerprint density at radius 1 is 0.852 bits per heavy atom. The molecule has 1 aliphatic carbocycles. The Balaban J connectivity index is 1.58. The molecule has 2 aromatic rings. The maximum atomic E-state index is 3.29. The topological polar surface area (TPSA) is 0 Å². The lowest BCUT2D eigenvalue weighted by molar-refractivity contribution is 0.428. The van der Waals surface area contributed by atoms with Crippen molar-refractivity contribution in [2.75, 3.05) is 0 Å². The number of hydrogen-bond acceptors (Lipinski definition) is 0. The van der Waals surface area contributed by atoms with Gasteiger partial charge in [-0.15, -0.1) is 0 Å². The van der Waals surface area contributed by atoms with Crippen LogP contribution >= 0.6 is 0 Å². The number of unbranched alkanes of at least 4 members (excludes halogenated alkanes) is 2. The molecule has 0 fully saturated rings. The summed E-state index contributed by atoms with van der Waals surface area (Å²) in [7, 11) is 0. The van der Waals surface area contributed by atoms with E-state index in [-0.39, 0.29) is 0 Å². The fourth-order valence-electron chi connectivity index (χ4n) is 3.83. The van der Waals surface area contributed by atoms with Crippen molar-refractivity contribution in [3.8, 4) is 11.8 Å². The van der Waals surface area contributed by atoms with Crippen LogP contribution in [0.3, 0.4) is 0 Å². The van der Waals surface area contributed by atoms with E-state index in [9.17, 15) is 0 Å². The summed E-state index contributed by atoms with van der Waals surface area (Å²) in [5.41, 5.74) is 6.43. The molecular formula is C27H32. The molecule has 1 atom stereocenters. The van der Waals surface area contributed by atoms with Crippen LogP contribution in [-0.2, 0) is 6.42 Å². The Kier molecular flexibility index (Phi) is 7.35. The summed E-state index contributed by atoms with van der Waals surface area (Å²) < 4.78 is 0. The van der Waals surface area contributed by atoms with Crippen LogP contribution in [0, 0.1) is 17.8 Å². The third-order valence-electron chi connectivity index (χ3n) is 5.70. The van der Waals surface area contributed by atoms with Gasteiger partial charge < -0.3 is 0 Å². The molecule has 0 saturated carbocycles. The summed E-state index contributed by atoms with van der Waals surface area (Å²) >= 11 is 0. The highest BCUT2D eigenvalue weighted by Crippen LogP contribution is 2.32. The fraction of sp³-hybridized carbons (Fsp3) is 0.407. The van der Waals surface area contributed by atoms with Gasteiger partial charge in [-0.1, -0.05) is 81.7 Å². The molecule has 0 spiro atoms. The first kappa shape index (κ1) is 19.5. The van der Waals surface area contributed by atoms with Crippen LogP contribution in [0.5, 0.6) is 0 Å². The van der Waals surface area contributed by atoms with E-state index in [1.54, 1.807) is 0 Å². The van der Waals surface area contributed by atoms with E-state index >= 15 is 0 Å². The summed E-state index contributed by atoms with van der Waals surface area (Å²) in [6.07, 6.45) is 12.9. The van der Waals surface area contributed by atoms with Gasteiger partial charge in [0.2, 0.25) is 0 Å². The second kappa shape index (κ2) is 10.2. The van der Waals surface area contributed by atoms with Crippen LogP contribution in [-0.4, -0.2) is 0 Å². The zero-order valence-electron chi connectivity index (χ0n) is 16.9. The predicted octanol–water partition coefficient (Wildman–Crippen LogP) is 7.41. The molecule has 0 aliphatic heterocycles. The molecule has 0 heterocycles. The second-order valence-corrected chi connectivity index (χ2v) is 7.74. The highest BCUT2D eigenvalue weighted by atomic mass is 14.2. The molecule has 0 saturated heterocycles. The monoisotopic (exact) mass is 356 g/mol. The van der Waals surface area contributed by atoms with Crippen molar-refractivity contribution in [3.63, 3.8) is 0 Å². The van der Waals surface area contributed by atoms with Crippen molar-refractivity contribution < 1.29 is 0 Å². The number of rotatable bonds is 6. The van der Waals surface area contributed by atoms with Gasteiger partial charge in [0.05, 0.1) is 0 Å². The molecule has 0 heteroatoms. The molecule has 27 heavy (non-hydrogen) atoms. The largest absolute Gasteiger partial charge is 0.0804 e. The van der Waals surface area contributed by atoms with Crippen molar-refractivity contribution >= 4 is 5.57 Å². The molecular weight excluding hydrogens is 324 g/mol. The molecule has 1 aliphatic rings. The number of allylic oxidation sites excluding steroid dienone is 2. The summed E-state index contributed by atoms with van der Waals surface area (Å²) in [6.45, 7) is 4.46. The van der Waals surface area contributed by atoms with E-state index in [1.807, 2.05) is 0 Å². The van der Waals surface area contributed by atoms with E-state index in [2.05, 4.69) is 80.3 Å². The molecule has 0 radical (unpaired) electrons. The summed E-state index contributed by atoms with van der Waals surface area (Å²) in [5, 5.41) is 0. The minimum atomic E-state index is 0.907. The van der Waals surface area contributed by atoms with Crippen LogP contribution in [0.1, 0.15) is 81.0 Å². The molecule has 0 aromatic heterocycles. The van der Waals surface area contributed by atoms with E-state index in [0.29, 0.717) is 0 Å². The van der Waals surface area contributed by atoms with Crippen LogP contribution in [0.2, 0.25) is 0 Å². The van der Waals surface area contributed by atoms with Crippen molar-refractivity contribution in [1.29, 1.82) is 0 Å². The van der Waals surface area contributed by atoms with Crippen molar-refractivity contribution in [1.82, 2.24) is 0 Å². The third kappa shape index (κ3) is 5.86. The average molecular weight is 357 g/mol. The lowest BCUT2D eigenvalue weighted by Crippen LogP contribution is -2.05.